The van der Waals surface area contributed by atoms with Gasteiger partial charge in [0.25, 0.3) is 0 Å². The van der Waals surface area contributed by atoms with E-state index in [1.54, 1.807) is 0 Å². The number of rotatable bonds is 4. The van der Waals surface area contributed by atoms with Crippen LogP contribution in [0.4, 0.5) is 0 Å². The van der Waals surface area contributed by atoms with E-state index >= 15 is 0 Å². The Balaban J connectivity index is 1.40. The second-order valence-corrected chi connectivity index (χ2v) is 8.67. The normalized spacial score (nSPS) is 42.8. The molecule has 4 N–H and O–H groups in total. The lowest BCUT2D eigenvalue weighted by atomic mass is 9.72. The molecule has 2 unspecified atom stereocenters. The van der Waals surface area contributed by atoms with Gasteiger partial charge in [-0.3, -0.25) is 4.79 Å². The van der Waals surface area contributed by atoms with Crippen LogP contribution < -0.4 is 11.5 Å². The summed E-state index contributed by atoms with van der Waals surface area (Å²) in [5, 5.41) is 0. The first-order valence-corrected chi connectivity index (χ1v) is 10.3. The highest BCUT2D eigenvalue weighted by Crippen LogP contribution is 2.39. The number of ether oxygens (including phenoxy) is 2. The highest BCUT2D eigenvalue weighted by atomic mass is 16.5. The molecule has 0 bridgehead atoms. The Kier molecular flexibility index (Phi) is 6.75. The van der Waals surface area contributed by atoms with Crippen molar-refractivity contribution in [2.24, 2.45) is 29.2 Å². The predicted octanol–water partition coefficient (Wildman–Crippen LogP) is 2.75. The van der Waals surface area contributed by atoms with Crippen molar-refractivity contribution in [2.75, 3.05) is 7.11 Å². The minimum absolute atomic E-state index is 0.0410. The zero-order valence-electron chi connectivity index (χ0n) is 15.7. The lowest BCUT2D eigenvalue weighted by Crippen LogP contribution is -2.43. The second kappa shape index (κ2) is 8.83. The average Bonchev–Trinajstić information content (AvgIpc) is 2.61. The van der Waals surface area contributed by atoms with Gasteiger partial charge in [-0.05, 0) is 82.5 Å². The molecule has 3 rings (SSSR count). The Bertz CT molecular complexity index is 419. The maximum absolute atomic E-state index is 12.5. The Labute approximate surface area is 152 Å². The fraction of sp³-hybridized carbons (Fsp3) is 0.950. The molecule has 5 nitrogen and oxygen atoms in total. The van der Waals surface area contributed by atoms with Gasteiger partial charge in [-0.1, -0.05) is 0 Å². The van der Waals surface area contributed by atoms with E-state index in [0.29, 0.717) is 6.10 Å². The fourth-order valence-electron chi connectivity index (χ4n) is 5.33. The Morgan fingerprint density at radius 2 is 1.24 bits per heavy atom. The molecule has 0 aromatic heterocycles. The number of carbonyl (C=O) groups is 1. The van der Waals surface area contributed by atoms with Gasteiger partial charge in [0.15, 0.2) is 0 Å². The van der Waals surface area contributed by atoms with Crippen molar-refractivity contribution >= 4 is 5.97 Å². The summed E-state index contributed by atoms with van der Waals surface area (Å²) in [5.74, 6) is 1.50. The SMILES string of the molecule is COC1CCC(C2CCC(OC(=O)C3CC(N)CC(N)C3)CC2)CC1. The van der Waals surface area contributed by atoms with Crippen LogP contribution in [0.2, 0.25) is 0 Å². The van der Waals surface area contributed by atoms with Gasteiger partial charge >= 0.3 is 5.97 Å². The number of nitrogens with two attached hydrogens (primary N) is 2. The van der Waals surface area contributed by atoms with Crippen molar-refractivity contribution in [1.82, 2.24) is 0 Å². The lowest BCUT2D eigenvalue weighted by molar-refractivity contribution is -0.157. The monoisotopic (exact) mass is 352 g/mol. The van der Waals surface area contributed by atoms with Gasteiger partial charge in [-0.15, -0.1) is 0 Å². The first-order valence-electron chi connectivity index (χ1n) is 10.3. The number of carbonyl (C=O) groups excluding carboxylic acids is 1. The van der Waals surface area contributed by atoms with Crippen molar-refractivity contribution in [2.45, 2.75) is 94.9 Å². The van der Waals surface area contributed by atoms with Crippen LogP contribution >= 0.6 is 0 Å². The minimum Gasteiger partial charge on any atom is -0.462 e. The molecule has 144 valence electrons. The third-order valence-corrected chi connectivity index (χ3v) is 6.83. The van der Waals surface area contributed by atoms with E-state index in [2.05, 4.69) is 0 Å². The number of esters is 1. The van der Waals surface area contributed by atoms with Crippen LogP contribution in [-0.2, 0) is 14.3 Å². The van der Waals surface area contributed by atoms with Crippen molar-refractivity contribution in [3.63, 3.8) is 0 Å². The van der Waals surface area contributed by atoms with Crippen molar-refractivity contribution in [3.8, 4) is 0 Å². The molecule has 0 saturated heterocycles. The molecule has 3 fully saturated rings. The van der Waals surface area contributed by atoms with E-state index in [4.69, 9.17) is 20.9 Å². The summed E-state index contributed by atoms with van der Waals surface area (Å²) in [7, 11) is 1.83. The van der Waals surface area contributed by atoms with Crippen LogP contribution in [0.3, 0.4) is 0 Å². The van der Waals surface area contributed by atoms with Crippen molar-refractivity contribution in [3.05, 3.63) is 0 Å². The molecule has 3 aliphatic carbocycles. The lowest BCUT2D eigenvalue weighted by Gasteiger charge is -2.38. The third-order valence-electron chi connectivity index (χ3n) is 6.83. The van der Waals surface area contributed by atoms with Gasteiger partial charge in [0.1, 0.15) is 6.10 Å². The molecule has 0 aliphatic heterocycles. The first kappa shape index (κ1) is 19.1. The molecule has 3 aliphatic rings. The minimum atomic E-state index is -0.0965. The molecule has 0 amide bonds. The van der Waals surface area contributed by atoms with Crippen LogP contribution in [0.25, 0.3) is 0 Å². The average molecular weight is 353 g/mol. The molecular formula is C20H36N2O3. The standard InChI is InChI=1S/C20H36N2O3/c1-24-18-6-2-13(3-7-18)14-4-8-19(9-5-14)25-20(23)15-10-16(21)12-17(22)11-15/h13-19H,2-12,21-22H2,1H3. The largest absolute Gasteiger partial charge is 0.462 e. The molecule has 0 radical (unpaired) electrons. The molecule has 3 saturated carbocycles. The van der Waals surface area contributed by atoms with E-state index in [-0.39, 0.29) is 30.1 Å². The second-order valence-electron chi connectivity index (χ2n) is 8.67. The maximum Gasteiger partial charge on any atom is 0.309 e. The highest BCUT2D eigenvalue weighted by Gasteiger charge is 2.35. The Morgan fingerprint density at radius 1 is 0.760 bits per heavy atom. The molecule has 25 heavy (non-hydrogen) atoms. The van der Waals surface area contributed by atoms with Gasteiger partial charge < -0.3 is 20.9 Å². The van der Waals surface area contributed by atoms with Gasteiger partial charge in [-0.25, -0.2) is 0 Å². The maximum atomic E-state index is 12.5. The summed E-state index contributed by atoms with van der Waals surface area (Å²) in [6.45, 7) is 0. The summed E-state index contributed by atoms with van der Waals surface area (Å²) in [6.07, 6.45) is 12.3. The zero-order chi connectivity index (χ0) is 17.8. The summed E-state index contributed by atoms with van der Waals surface area (Å²) in [4.78, 5) is 12.5. The highest BCUT2D eigenvalue weighted by molar-refractivity contribution is 5.73. The molecular weight excluding hydrogens is 316 g/mol. The molecule has 0 aromatic carbocycles. The topological polar surface area (TPSA) is 87.6 Å². The van der Waals surface area contributed by atoms with Crippen LogP contribution in [0.15, 0.2) is 0 Å². The van der Waals surface area contributed by atoms with Gasteiger partial charge in [0, 0.05) is 19.2 Å². The molecule has 0 aromatic rings. The zero-order valence-corrected chi connectivity index (χ0v) is 15.7. The van der Waals surface area contributed by atoms with Crippen LogP contribution in [0.5, 0.6) is 0 Å². The molecule has 5 heteroatoms. The third kappa shape index (κ3) is 5.18. The van der Waals surface area contributed by atoms with Crippen molar-refractivity contribution in [1.29, 1.82) is 0 Å². The van der Waals surface area contributed by atoms with E-state index in [1.165, 1.54) is 38.5 Å². The number of hydrogen-bond donors (Lipinski definition) is 2. The Morgan fingerprint density at radius 3 is 1.72 bits per heavy atom. The Hall–Kier alpha value is -0.650. The van der Waals surface area contributed by atoms with Crippen LogP contribution in [0, 0.1) is 17.8 Å². The van der Waals surface area contributed by atoms with E-state index < -0.39 is 0 Å². The van der Waals surface area contributed by atoms with Gasteiger partial charge in [0.2, 0.25) is 0 Å². The van der Waals surface area contributed by atoms with Crippen LogP contribution in [-0.4, -0.2) is 37.4 Å². The number of hydrogen-bond acceptors (Lipinski definition) is 5. The van der Waals surface area contributed by atoms with E-state index in [0.717, 1.165) is 43.9 Å². The molecule has 0 heterocycles. The van der Waals surface area contributed by atoms with E-state index in [9.17, 15) is 4.79 Å². The van der Waals surface area contributed by atoms with Gasteiger partial charge in [-0.2, -0.15) is 0 Å². The molecule has 2 atom stereocenters. The summed E-state index contributed by atoms with van der Waals surface area (Å²) < 4.78 is 11.3. The first-order chi connectivity index (χ1) is 12.0. The quantitative estimate of drug-likeness (QED) is 0.760. The predicted molar refractivity (Wildman–Crippen MR) is 97.9 cm³/mol. The summed E-state index contributed by atoms with van der Waals surface area (Å²) in [6, 6.07) is 0.0820. The smallest absolute Gasteiger partial charge is 0.309 e. The summed E-state index contributed by atoms with van der Waals surface area (Å²) in [5.41, 5.74) is 12.0. The fourth-order valence-corrected chi connectivity index (χ4v) is 5.33. The van der Waals surface area contributed by atoms with Crippen LogP contribution in [0.1, 0.15) is 70.6 Å². The van der Waals surface area contributed by atoms with Crippen molar-refractivity contribution < 1.29 is 14.3 Å². The summed E-state index contributed by atoms with van der Waals surface area (Å²) >= 11 is 0. The molecule has 0 spiro atoms. The van der Waals surface area contributed by atoms with E-state index in [1.807, 2.05) is 7.11 Å². The van der Waals surface area contributed by atoms with Gasteiger partial charge in [0.05, 0.1) is 12.0 Å². The number of methoxy groups -OCH3 is 1.